The number of aromatic hydroxyl groups is 1. The van der Waals surface area contributed by atoms with E-state index >= 15 is 0 Å². The Hall–Kier alpha value is -2.15. The van der Waals surface area contributed by atoms with Crippen LogP contribution in [0.3, 0.4) is 0 Å². The highest BCUT2D eigenvalue weighted by Gasteiger charge is 2.16. The van der Waals surface area contributed by atoms with Gasteiger partial charge in [-0.3, -0.25) is 14.9 Å². The third kappa shape index (κ3) is 5.23. The van der Waals surface area contributed by atoms with Gasteiger partial charge in [0.1, 0.15) is 11.4 Å². The van der Waals surface area contributed by atoms with Crippen molar-refractivity contribution < 1.29 is 14.8 Å². The number of hydrogen-bond donors (Lipinski definition) is 3. The Morgan fingerprint density at radius 1 is 1.30 bits per heavy atom. The summed E-state index contributed by atoms with van der Waals surface area (Å²) in [6, 6.07) is 3.63. The summed E-state index contributed by atoms with van der Waals surface area (Å²) in [5, 5.41) is 22.5. The Bertz CT molecular complexity index is 477. The van der Waals surface area contributed by atoms with Gasteiger partial charge in [0, 0.05) is 6.42 Å². The lowest BCUT2D eigenvalue weighted by Crippen LogP contribution is -2.12. The predicted octanol–water partition coefficient (Wildman–Crippen LogP) is 2.15. The third-order valence-corrected chi connectivity index (χ3v) is 2.81. The molecule has 1 rings (SSSR count). The first kappa shape index (κ1) is 15.9. The number of amides is 1. The normalized spacial score (nSPS) is 10.2. The molecule has 0 aliphatic heterocycles. The third-order valence-electron chi connectivity index (χ3n) is 2.81. The molecule has 4 N–H and O–H groups in total. The maximum Gasteiger partial charge on any atom is 0.296 e. The highest BCUT2D eigenvalue weighted by atomic mass is 16.6. The van der Waals surface area contributed by atoms with Crippen LogP contribution in [0.15, 0.2) is 18.2 Å². The van der Waals surface area contributed by atoms with E-state index in [0.717, 1.165) is 31.7 Å². The van der Waals surface area contributed by atoms with Crippen LogP contribution in [0.4, 0.5) is 11.4 Å². The number of carbonyl (C=O) groups excluding carboxylic acids is 1. The minimum absolute atomic E-state index is 0.0970. The number of carbonyl (C=O) groups is 1. The van der Waals surface area contributed by atoms with E-state index in [2.05, 4.69) is 5.32 Å². The van der Waals surface area contributed by atoms with E-state index in [-0.39, 0.29) is 23.0 Å². The molecular formula is C13H19N3O4. The van der Waals surface area contributed by atoms with Gasteiger partial charge in [-0.05, 0) is 31.5 Å². The summed E-state index contributed by atoms with van der Waals surface area (Å²) in [6.07, 6.45) is 3.84. The summed E-state index contributed by atoms with van der Waals surface area (Å²) in [5.41, 5.74) is 5.15. The van der Waals surface area contributed by atoms with Gasteiger partial charge in [-0.1, -0.05) is 12.8 Å². The van der Waals surface area contributed by atoms with Crippen LogP contribution in [0.1, 0.15) is 32.1 Å². The van der Waals surface area contributed by atoms with Crippen molar-refractivity contribution in [3.05, 3.63) is 28.3 Å². The van der Waals surface area contributed by atoms with Crippen molar-refractivity contribution in [1.82, 2.24) is 0 Å². The van der Waals surface area contributed by atoms with Crippen LogP contribution in [0.25, 0.3) is 0 Å². The van der Waals surface area contributed by atoms with Crippen LogP contribution in [0, 0.1) is 10.1 Å². The Morgan fingerprint density at radius 2 is 2.00 bits per heavy atom. The molecule has 7 heteroatoms. The van der Waals surface area contributed by atoms with E-state index in [0.29, 0.717) is 13.0 Å². The summed E-state index contributed by atoms with van der Waals surface area (Å²) in [4.78, 5) is 21.9. The van der Waals surface area contributed by atoms with Gasteiger partial charge in [0.25, 0.3) is 5.69 Å². The number of nitro benzene ring substituents is 1. The number of nitrogens with one attached hydrogen (secondary N) is 1. The first-order valence-corrected chi connectivity index (χ1v) is 6.52. The molecule has 0 aromatic heterocycles. The molecule has 0 saturated heterocycles. The molecule has 110 valence electrons. The van der Waals surface area contributed by atoms with E-state index in [9.17, 15) is 20.0 Å². The summed E-state index contributed by atoms with van der Waals surface area (Å²) in [7, 11) is 0. The van der Waals surface area contributed by atoms with E-state index < -0.39 is 4.92 Å². The zero-order valence-corrected chi connectivity index (χ0v) is 11.2. The number of phenolic OH excluding ortho intramolecular Hbond substituents is 1. The fourth-order valence-corrected chi connectivity index (χ4v) is 1.77. The second kappa shape index (κ2) is 8.11. The first-order valence-electron chi connectivity index (χ1n) is 6.52. The molecule has 1 aromatic rings. The largest absolute Gasteiger partial charge is 0.508 e. The molecule has 0 aliphatic rings. The van der Waals surface area contributed by atoms with Crippen molar-refractivity contribution in [3.63, 3.8) is 0 Å². The maximum atomic E-state index is 11.7. The standard InChI is InChI=1S/C13H19N3O4/c14-8-4-2-1-3-5-13(18)15-11-7-6-10(17)9-12(11)16(19)20/h6-7,9,17H,1-5,8,14H2,(H,15,18). The fraction of sp³-hybridized carbons (Fsp3) is 0.462. The van der Waals surface area contributed by atoms with Gasteiger partial charge in [0.2, 0.25) is 5.91 Å². The summed E-state index contributed by atoms with van der Waals surface area (Å²) < 4.78 is 0. The van der Waals surface area contributed by atoms with E-state index in [1.54, 1.807) is 0 Å². The van der Waals surface area contributed by atoms with Crippen molar-refractivity contribution in [2.24, 2.45) is 5.73 Å². The molecule has 20 heavy (non-hydrogen) atoms. The van der Waals surface area contributed by atoms with Gasteiger partial charge >= 0.3 is 0 Å². The molecule has 1 aromatic carbocycles. The Kier molecular flexibility index (Phi) is 6.45. The number of benzene rings is 1. The number of unbranched alkanes of at least 4 members (excludes halogenated alkanes) is 3. The highest BCUT2D eigenvalue weighted by Crippen LogP contribution is 2.28. The van der Waals surface area contributed by atoms with E-state index in [4.69, 9.17) is 5.73 Å². The zero-order chi connectivity index (χ0) is 15.0. The van der Waals surface area contributed by atoms with Crippen LogP contribution in [0.2, 0.25) is 0 Å². The molecule has 0 bridgehead atoms. The Labute approximate surface area is 116 Å². The van der Waals surface area contributed by atoms with Crippen LogP contribution >= 0.6 is 0 Å². The minimum atomic E-state index is -0.642. The molecule has 0 aliphatic carbocycles. The predicted molar refractivity (Wildman–Crippen MR) is 75.5 cm³/mol. The SMILES string of the molecule is NCCCCCCC(=O)Nc1ccc(O)cc1[N+](=O)[O-]. The molecular weight excluding hydrogens is 262 g/mol. The lowest BCUT2D eigenvalue weighted by Gasteiger charge is -2.06. The average Bonchev–Trinajstić information content (AvgIpc) is 2.40. The van der Waals surface area contributed by atoms with Crippen molar-refractivity contribution in [3.8, 4) is 5.75 Å². The smallest absolute Gasteiger partial charge is 0.296 e. The lowest BCUT2D eigenvalue weighted by molar-refractivity contribution is -0.384. The molecule has 7 nitrogen and oxygen atoms in total. The van der Waals surface area contributed by atoms with Gasteiger partial charge in [-0.15, -0.1) is 0 Å². The van der Waals surface area contributed by atoms with Crippen molar-refractivity contribution >= 4 is 17.3 Å². The van der Waals surface area contributed by atoms with Crippen LogP contribution in [-0.4, -0.2) is 22.5 Å². The molecule has 0 atom stereocenters. The quantitative estimate of drug-likeness (QED) is 0.292. The number of nitro groups is 1. The van der Waals surface area contributed by atoms with E-state index in [1.807, 2.05) is 0 Å². The Balaban J connectivity index is 2.51. The molecule has 1 amide bonds. The molecule has 0 saturated carbocycles. The number of nitrogens with two attached hydrogens (primary N) is 1. The van der Waals surface area contributed by atoms with Gasteiger partial charge < -0.3 is 16.2 Å². The first-order chi connectivity index (χ1) is 9.54. The molecule has 0 heterocycles. The lowest BCUT2D eigenvalue weighted by atomic mass is 10.1. The number of anilines is 1. The van der Waals surface area contributed by atoms with Gasteiger partial charge in [0.15, 0.2) is 0 Å². The van der Waals surface area contributed by atoms with E-state index in [1.165, 1.54) is 12.1 Å². The van der Waals surface area contributed by atoms with Gasteiger partial charge in [0.05, 0.1) is 11.0 Å². The number of hydrogen-bond acceptors (Lipinski definition) is 5. The zero-order valence-electron chi connectivity index (χ0n) is 11.2. The maximum absolute atomic E-state index is 11.7. The van der Waals surface area contributed by atoms with Crippen LogP contribution in [-0.2, 0) is 4.79 Å². The van der Waals surface area contributed by atoms with Gasteiger partial charge in [-0.25, -0.2) is 0 Å². The molecule has 0 spiro atoms. The van der Waals surface area contributed by atoms with Crippen LogP contribution < -0.4 is 11.1 Å². The molecule has 0 unspecified atom stereocenters. The topological polar surface area (TPSA) is 118 Å². The number of rotatable bonds is 8. The fourth-order valence-electron chi connectivity index (χ4n) is 1.77. The van der Waals surface area contributed by atoms with Crippen molar-refractivity contribution in [2.75, 3.05) is 11.9 Å². The van der Waals surface area contributed by atoms with Crippen LogP contribution in [0.5, 0.6) is 5.75 Å². The second-order valence-corrected chi connectivity index (χ2v) is 4.46. The summed E-state index contributed by atoms with van der Waals surface area (Å²) in [5.74, 6) is -0.483. The molecule has 0 radical (unpaired) electrons. The average molecular weight is 281 g/mol. The number of nitrogens with zero attached hydrogens (tertiary/aromatic N) is 1. The highest BCUT2D eigenvalue weighted by molar-refractivity contribution is 5.93. The van der Waals surface area contributed by atoms with Crippen molar-refractivity contribution in [1.29, 1.82) is 0 Å². The Morgan fingerprint density at radius 3 is 2.65 bits per heavy atom. The van der Waals surface area contributed by atoms with Crippen molar-refractivity contribution in [2.45, 2.75) is 32.1 Å². The monoisotopic (exact) mass is 281 g/mol. The molecule has 0 fully saturated rings. The number of phenols is 1. The minimum Gasteiger partial charge on any atom is -0.508 e. The summed E-state index contributed by atoms with van der Waals surface area (Å²) >= 11 is 0. The van der Waals surface area contributed by atoms with Gasteiger partial charge in [-0.2, -0.15) is 0 Å². The second-order valence-electron chi connectivity index (χ2n) is 4.46. The summed E-state index contributed by atoms with van der Waals surface area (Å²) in [6.45, 7) is 0.645.